The highest BCUT2D eigenvalue weighted by molar-refractivity contribution is 5.97. The lowest BCUT2D eigenvalue weighted by molar-refractivity contribution is -0.117. The molecule has 0 aliphatic carbocycles. The third-order valence-electron chi connectivity index (χ3n) is 3.11. The summed E-state index contributed by atoms with van der Waals surface area (Å²) in [7, 11) is 0. The predicted molar refractivity (Wildman–Crippen MR) is 86.0 cm³/mol. The number of nitriles is 1. The molecule has 0 aromatic heterocycles. The molecule has 22 heavy (non-hydrogen) atoms. The van der Waals surface area contributed by atoms with Crippen LogP contribution in [0.5, 0.6) is 5.75 Å². The molecule has 0 unspecified atom stereocenters. The summed E-state index contributed by atoms with van der Waals surface area (Å²) < 4.78 is 0. The highest BCUT2D eigenvalue weighted by Crippen LogP contribution is 2.09. The molecule has 0 heterocycles. The Labute approximate surface area is 131 Å². The van der Waals surface area contributed by atoms with Crippen LogP contribution in [0.3, 0.4) is 0 Å². The van der Waals surface area contributed by atoms with Crippen LogP contribution < -0.4 is 10.6 Å². The Morgan fingerprint density at radius 1 is 1.32 bits per heavy atom. The van der Waals surface area contributed by atoms with Crippen LogP contribution in [0, 0.1) is 17.2 Å². The van der Waals surface area contributed by atoms with Crippen LogP contribution in [0.15, 0.2) is 36.0 Å². The summed E-state index contributed by atoms with van der Waals surface area (Å²) in [5.74, 6) is 0.416. The Morgan fingerprint density at radius 3 is 2.59 bits per heavy atom. The van der Waals surface area contributed by atoms with Gasteiger partial charge in [-0.15, -0.1) is 0 Å². The van der Waals surface area contributed by atoms with Crippen molar-refractivity contribution < 1.29 is 9.90 Å². The Kier molecular flexibility index (Phi) is 7.55. The third-order valence-corrected chi connectivity index (χ3v) is 3.11. The number of hydrogen-bond acceptors (Lipinski definition) is 4. The van der Waals surface area contributed by atoms with Crippen molar-refractivity contribution in [3.8, 4) is 11.8 Å². The van der Waals surface area contributed by atoms with Gasteiger partial charge < -0.3 is 15.7 Å². The quantitative estimate of drug-likeness (QED) is 0.390. The van der Waals surface area contributed by atoms with Crippen molar-refractivity contribution in [3.63, 3.8) is 0 Å². The van der Waals surface area contributed by atoms with Crippen LogP contribution in [0.4, 0.5) is 0 Å². The van der Waals surface area contributed by atoms with E-state index in [1.165, 1.54) is 6.20 Å². The van der Waals surface area contributed by atoms with Gasteiger partial charge in [0, 0.05) is 19.3 Å². The third kappa shape index (κ3) is 6.80. The number of nitrogens with one attached hydrogen (secondary N) is 2. The van der Waals surface area contributed by atoms with Crippen molar-refractivity contribution in [1.29, 1.82) is 5.26 Å². The Morgan fingerprint density at radius 2 is 2.00 bits per heavy atom. The van der Waals surface area contributed by atoms with Gasteiger partial charge in [-0.2, -0.15) is 5.26 Å². The average Bonchev–Trinajstić information content (AvgIpc) is 2.49. The minimum absolute atomic E-state index is 0.0782. The molecular formula is C17H23N3O2. The minimum atomic E-state index is -0.377. The number of hydrogen-bond donors (Lipinski definition) is 3. The molecule has 0 spiro atoms. The summed E-state index contributed by atoms with van der Waals surface area (Å²) in [6, 6.07) is 8.72. The van der Waals surface area contributed by atoms with Crippen molar-refractivity contribution in [2.45, 2.75) is 26.7 Å². The second-order valence-corrected chi connectivity index (χ2v) is 5.48. The van der Waals surface area contributed by atoms with E-state index in [9.17, 15) is 9.90 Å². The van der Waals surface area contributed by atoms with Gasteiger partial charge in [-0.05, 0) is 36.5 Å². The highest BCUT2D eigenvalue weighted by atomic mass is 16.3. The summed E-state index contributed by atoms with van der Waals surface area (Å²) in [6.45, 7) is 5.41. The lowest BCUT2D eigenvalue weighted by atomic mass is 10.1. The van der Waals surface area contributed by atoms with E-state index in [1.807, 2.05) is 6.07 Å². The summed E-state index contributed by atoms with van der Waals surface area (Å²) in [4.78, 5) is 11.9. The molecule has 1 rings (SSSR count). The Bertz CT molecular complexity index is 542. The number of nitrogens with zero attached hydrogens (tertiary/aromatic N) is 1. The standard InChI is InChI=1S/C17H23N3O2/c1-13(2)7-9-19-12-15(11-18)17(22)20-10-8-14-3-5-16(21)6-4-14/h3-6,12-13,19,21H,7-10H2,1-2H3,(H,20,22)/b15-12-. The summed E-state index contributed by atoms with van der Waals surface area (Å²) in [5, 5.41) is 23.9. The van der Waals surface area contributed by atoms with Gasteiger partial charge in [0.25, 0.3) is 5.91 Å². The van der Waals surface area contributed by atoms with E-state index in [1.54, 1.807) is 24.3 Å². The van der Waals surface area contributed by atoms with Gasteiger partial charge in [0.1, 0.15) is 17.4 Å². The number of phenolic OH excluding ortho intramolecular Hbond substituents is 1. The molecule has 1 aromatic carbocycles. The molecule has 1 aromatic rings. The van der Waals surface area contributed by atoms with E-state index in [2.05, 4.69) is 24.5 Å². The fraction of sp³-hybridized carbons (Fsp3) is 0.412. The Hall–Kier alpha value is -2.48. The second kappa shape index (κ2) is 9.46. The Balaban J connectivity index is 2.37. The molecular weight excluding hydrogens is 278 g/mol. The van der Waals surface area contributed by atoms with E-state index in [0.717, 1.165) is 18.5 Å². The van der Waals surface area contributed by atoms with Gasteiger partial charge in [0.05, 0.1) is 0 Å². The van der Waals surface area contributed by atoms with Crippen molar-refractivity contribution in [1.82, 2.24) is 10.6 Å². The zero-order valence-electron chi connectivity index (χ0n) is 13.1. The van der Waals surface area contributed by atoms with Gasteiger partial charge in [-0.1, -0.05) is 26.0 Å². The van der Waals surface area contributed by atoms with Crippen LogP contribution in [0.1, 0.15) is 25.8 Å². The summed E-state index contributed by atoms with van der Waals surface area (Å²) in [5.41, 5.74) is 1.09. The molecule has 3 N–H and O–H groups in total. The van der Waals surface area contributed by atoms with E-state index in [0.29, 0.717) is 18.9 Å². The van der Waals surface area contributed by atoms with E-state index in [4.69, 9.17) is 5.26 Å². The SMILES string of the molecule is CC(C)CCN/C=C(/C#N)C(=O)NCCc1ccc(O)cc1. The van der Waals surface area contributed by atoms with Crippen molar-refractivity contribution in [3.05, 3.63) is 41.6 Å². The summed E-state index contributed by atoms with van der Waals surface area (Å²) in [6.07, 6.45) is 3.10. The average molecular weight is 301 g/mol. The molecule has 0 saturated carbocycles. The predicted octanol–water partition coefficient (Wildman–Crippen LogP) is 2.09. The first-order valence-corrected chi connectivity index (χ1v) is 7.42. The maximum atomic E-state index is 11.9. The number of carbonyl (C=O) groups is 1. The van der Waals surface area contributed by atoms with Gasteiger partial charge in [-0.25, -0.2) is 0 Å². The normalized spacial score (nSPS) is 11.1. The molecule has 0 atom stereocenters. The number of phenols is 1. The first-order valence-electron chi connectivity index (χ1n) is 7.42. The first kappa shape index (κ1) is 17.6. The van der Waals surface area contributed by atoms with Crippen molar-refractivity contribution in [2.75, 3.05) is 13.1 Å². The van der Waals surface area contributed by atoms with Crippen LogP contribution in [0.25, 0.3) is 0 Å². The molecule has 0 radical (unpaired) electrons. The van der Waals surface area contributed by atoms with E-state index in [-0.39, 0.29) is 17.2 Å². The number of rotatable bonds is 8. The fourth-order valence-corrected chi connectivity index (χ4v) is 1.77. The molecule has 118 valence electrons. The monoisotopic (exact) mass is 301 g/mol. The smallest absolute Gasteiger partial charge is 0.263 e. The molecule has 0 aliphatic rings. The second-order valence-electron chi connectivity index (χ2n) is 5.48. The number of carbonyl (C=O) groups excluding carboxylic acids is 1. The fourth-order valence-electron chi connectivity index (χ4n) is 1.77. The maximum absolute atomic E-state index is 11.9. The lowest BCUT2D eigenvalue weighted by Crippen LogP contribution is -2.27. The van der Waals surface area contributed by atoms with Crippen LogP contribution in [-0.4, -0.2) is 24.1 Å². The number of amides is 1. The molecule has 1 amide bonds. The molecule has 0 saturated heterocycles. The van der Waals surface area contributed by atoms with Gasteiger partial charge in [0.15, 0.2) is 0 Å². The molecule has 0 aliphatic heterocycles. The molecule has 5 nitrogen and oxygen atoms in total. The van der Waals surface area contributed by atoms with Crippen molar-refractivity contribution >= 4 is 5.91 Å². The van der Waals surface area contributed by atoms with Crippen LogP contribution in [0.2, 0.25) is 0 Å². The summed E-state index contributed by atoms with van der Waals surface area (Å²) >= 11 is 0. The number of benzene rings is 1. The van der Waals surface area contributed by atoms with Crippen LogP contribution in [-0.2, 0) is 11.2 Å². The van der Waals surface area contributed by atoms with Gasteiger partial charge in [-0.3, -0.25) is 4.79 Å². The largest absolute Gasteiger partial charge is 0.508 e. The number of aromatic hydroxyl groups is 1. The maximum Gasteiger partial charge on any atom is 0.263 e. The van der Waals surface area contributed by atoms with Gasteiger partial charge in [0.2, 0.25) is 0 Å². The molecule has 0 fully saturated rings. The lowest BCUT2D eigenvalue weighted by Gasteiger charge is -2.06. The zero-order valence-corrected chi connectivity index (χ0v) is 13.1. The van der Waals surface area contributed by atoms with Crippen LogP contribution >= 0.6 is 0 Å². The first-order chi connectivity index (χ1) is 10.5. The van der Waals surface area contributed by atoms with Crippen molar-refractivity contribution in [2.24, 2.45) is 5.92 Å². The van der Waals surface area contributed by atoms with E-state index >= 15 is 0 Å². The highest BCUT2D eigenvalue weighted by Gasteiger charge is 2.07. The minimum Gasteiger partial charge on any atom is -0.508 e. The van der Waals surface area contributed by atoms with Gasteiger partial charge >= 0.3 is 0 Å². The topological polar surface area (TPSA) is 85.2 Å². The van der Waals surface area contributed by atoms with E-state index < -0.39 is 0 Å². The zero-order chi connectivity index (χ0) is 16.4. The molecule has 0 bridgehead atoms. The molecule has 5 heteroatoms.